The zero-order valence-electron chi connectivity index (χ0n) is 16.0. The monoisotopic (exact) mass is 379 g/mol. The average molecular weight is 379 g/mol. The van der Waals surface area contributed by atoms with E-state index in [9.17, 15) is 9.18 Å². The van der Waals surface area contributed by atoms with Crippen LogP contribution in [0.2, 0.25) is 0 Å². The SMILES string of the molecule is Cc1noc(C)c1-c1ccc([C@H]2CCCN2C(=O)Cc2ccc(F)cc2)nc1. The van der Waals surface area contributed by atoms with Crippen molar-refractivity contribution >= 4 is 5.91 Å². The predicted molar refractivity (Wildman–Crippen MR) is 103 cm³/mol. The molecular weight excluding hydrogens is 357 g/mol. The summed E-state index contributed by atoms with van der Waals surface area (Å²) in [4.78, 5) is 19.3. The fourth-order valence-electron chi connectivity index (χ4n) is 3.90. The van der Waals surface area contributed by atoms with Gasteiger partial charge in [0.2, 0.25) is 5.91 Å². The number of aromatic nitrogens is 2. The first-order chi connectivity index (χ1) is 13.5. The first-order valence-electron chi connectivity index (χ1n) is 9.46. The van der Waals surface area contributed by atoms with E-state index < -0.39 is 0 Å². The highest BCUT2D eigenvalue weighted by Gasteiger charge is 2.30. The number of benzene rings is 1. The minimum Gasteiger partial charge on any atom is -0.361 e. The standard InChI is InChI=1S/C22H22FN3O2/c1-14-22(15(2)28-25-14)17-7-10-19(24-13-17)20-4-3-11-26(20)21(27)12-16-5-8-18(23)9-6-16/h5-10,13,20H,3-4,11-12H2,1-2H3/t20-/m1/s1. The van der Waals surface area contributed by atoms with Crippen LogP contribution in [0, 0.1) is 19.7 Å². The maximum absolute atomic E-state index is 13.1. The van der Waals surface area contributed by atoms with Gasteiger partial charge in [-0.25, -0.2) is 4.39 Å². The first kappa shape index (κ1) is 18.3. The normalized spacial score (nSPS) is 16.5. The Hall–Kier alpha value is -3.02. The summed E-state index contributed by atoms with van der Waals surface area (Å²) in [7, 11) is 0. The summed E-state index contributed by atoms with van der Waals surface area (Å²) in [5, 5.41) is 3.99. The Morgan fingerprint density at radius 1 is 1.21 bits per heavy atom. The lowest BCUT2D eigenvalue weighted by Gasteiger charge is -2.24. The van der Waals surface area contributed by atoms with Crippen LogP contribution in [0.5, 0.6) is 0 Å². The Kier molecular flexibility index (Phi) is 4.94. The van der Waals surface area contributed by atoms with Crippen molar-refractivity contribution in [2.75, 3.05) is 6.54 Å². The largest absolute Gasteiger partial charge is 0.361 e. The van der Waals surface area contributed by atoms with Gasteiger partial charge in [-0.3, -0.25) is 9.78 Å². The molecule has 0 aliphatic carbocycles. The van der Waals surface area contributed by atoms with Crippen molar-refractivity contribution in [1.29, 1.82) is 0 Å². The van der Waals surface area contributed by atoms with Crippen LogP contribution in [0.4, 0.5) is 4.39 Å². The van der Waals surface area contributed by atoms with E-state index in [0.717, 1.165) is 53.2 Å². The summed E-state index contributed by atoms with van der Waals surface area (Å²) in [6, 6.07) is 10.1. The lowest BCUT2D eigenvalue weighted by atomic mass is 10.0. The molecule has 1 aliphatic heterocycles. The lowest BCUT2D eigenvalue weighted by molar-refractivity contribution is -0.131. The highest BCUT2D eigenvalue weighted by atomic mass is 19.1. The zero-order chi connectivity index (χ0) is 19.7. The van der Waals surface area contributed by atoms with Crippen LogP contribution in [0.1, 0.15) is 41.6 Å². The smallest absolute Gasteiger partial charge is 0.227 e. The second kappa shape index (κ2) is 7.54. The van der Waals surface area contributed by atoms with E-state index in [2.05, 4.69) is 10.1 Å². The number of amides is 1. The third kappa shape index (κ3) is 3.54. The number of aryl methyl sites for hydroxylation is 2. The van der Waals surface area contributed by atoms with Gasteiger partial charge in [-0.05, 0) is 50.5 Å². The molecule has 28 heavy (non-hydrogen) atoms. The van der Waals surface area contributed by atoms with Gasteiger partial charge >= 0.3 is 0 Å². The number of carbonyl (C=O) groups is 1. The molecule has 1 aliphatic rings. The minimum atomic E-state index is -0.294. The number of nitrogens with zero attached hydrogens (tertiary/aromatic N) is 3. The van der Waals surface area contributed by atoms with Crippen LogP contribution in [-0.4, -0.2) is 27.5 Å². The van der Waals surface area contributed by atoms with Crippen LogP contribution < -0.4 is 0 Å². The van der Waals surface area contributed by atoms with Gasteiger partial charge in [0, 0.05) is 23.9 Å². The van der Waals surface area contributed by atoms with Gasteiger partial charge in [-0.1, -0.05) is 23.4 Å². The molecule has 5 nitrogen and oxygen atoms in total. The van der Waals surface area contributed by atoms with Gasteiger partial charge in [-0.15, -0.1) is 0 Å². The topological polar surface area (TPSA) is 59.2 Å². The van der Waals surface area contributed by atoms with Crippen LogP contribution in [0.3, 0.4) is 0 Å². The quantitative estimate of drug-likeness (QED) is 0.674. The van der Waals surface area contributed by atoms with Crippen LogP contribution in [0.25, 0.3) is 11.1 Å². The summed E-state index contributed by atoms with van der Waals surface area (Å²) in [6.45, 7) is 4.51. The molecule has 0 bridgehead atoms. The Bertz CT molecular complexity index is 961. The summed E-state index contributed by atoms with van der Waals surface area (Å²) >= 11 is 0. The fourth-order valence-corrected chi connectivity index (χ4v) is 3.90. The Balaban J connectivity index is 1.51. The Labute approximate surface area is 163 Å². The second-order valence-electron chi connectivity index (χ2n) is 7.22. The van der Waals surface area contributed by atoms with Gasteiger partial charge in [0.05, 0.1) is 23.9 Å². The molecule has 0 unspecified atom stereocenters. The fraction of sp³-hybridized carbons (Fsp3) is 0.318. The predicted octanol–water partition coefficient (Wildman–Crippen LogP) is 4.40. The van der Waals surface area contributed by atoms with Crippen LogP contribution >= 0.6 is 0 Å². The maximum Gasteiger partial charge on any atom is 0.227 e. The third-order valence-corrected chi connectivity index (χ3v) is 5.29. The van der Waals surface area contributed by atoms with Gasteiger partial charge in [0.1, 0.15) is 11.6 Å². The van der Waals surface area contributed by atoms with E-state index in [-0.39, 0.29) is 24.2 Å². The van der Waals surface area contributed by atoms with Gasteiger partial charge in [-0.2, -0.15) is 0 Å². The van der Waals surface area contributed by atoms with Gasteiger partial charge < -0.3 is 9.42 Å². The van der Waals surface area contributed by atoms with Crippen molar-refractivity contribution < 1.29 is 13.7 Å². The highest BCUT2D eigenvalue weighted by molar-refractivity contribution is 5.79. The molecule has 4 rings (SSSR count). The summed E-state index contributed by atoms with van der Waals surface area (Å²) in [6.07, 6.45) is 3.94. The molecule has 2 aromatic heterocycles. The number of carbonyl (C=O) groups excluding carboxylic acids is 1. The molecule has 144 valence electrons. The molecule has 1 atom stereocenters. The molecule has 1 saturated heterocycles. The summed E-state index contributed by atoms with van der Waals surface area (Å²) < 4.78 is 18.3. The number of pyridine rings is 1. The summed E-state index contributed by atoms with van der Waals surface area (Å²) in [5.41, 5.74) is 4.47. The number of halogens is 1. The van der Waals surface area contributed by atoms with E-state index in [1.165, 1.54) is 12.1 Å². The van der Waals surface area contributed by atoms with Crippen LogP contribution in [-0.2, 0) is 11.2 Å². The molecular formula is C22H22FN3O2. The second-order valence-corrected chi connectivity index (χ2v) is 7.22. The van der Waals surface area contributed by atoms with Crippen molar-refractivity contribution in [2.24, 2.45) is 0 Å². The zero-order valence-corrected chi connectivity index (χ0v) is 16.0. The molecule has 0 radical (unpaired) electrons. The van der Waals surface area contributed by atoms with E-state index in [0.29, 0.717) is 0 Å². The molecule has 0 spiro atoms. The molecule has 0 N–H and O–H groups in total. The molecule has 1 aromatic carbocycles. The molecule has 1 amide bonds. The molecule has 3 aromatic rings. The van der Waals surface area contributed by atoms with Gasteiger partial charge in [0.25, 0.3) is 0 Å². The maximum atomic E-state index is 13.1. The summed E-state index contributed by atoms with van der Waals surface area (Å²) in [5.74, 6) is 0.521. The van der Waals surface area contributed by atoms with E-state index in [4.69, 9.17) is 4.52 Å². The average Bonchev–Trinajstić information content (AvgIpc) is 3.31. The third-order valence-electron chi connectivity index (χ3n) is 5.29. The number of hydrogen-bond acceptors (Lipinski definition) is 4. The first-order valence-corrected chi connectivity index (χ1v) is 9.46. The van der Waals surface area contributed by atoms with E-state index in [1.807, 2.05) is 37.1 Å². The molecule has 3 heterocycles. The van der Waals surface area contributed by atoms with Crippen molar-refractivity contribution in [3.05, 3.63) is 71.1 Å². The molecule has 1 fully saturated rings. The van der Waals surface area contributed by atoms with Crippen molar-refractivity contribution in [1.82, 2.24) is 15.0 Å². The van der Waals surface area contributed by atoms with Crippen molar-refractivity contribution in [3.8, 4) is 11.1 Å². The van der Waals surface area contributed by atoms with Crippen LogP contribution in [0.15, 0.2) is 47.1 Å². The highest BCUT2D eigenvalue weighted by Crippen LogP contribution is 2.33. The van der Waals surface area contributed by atoms with Gasteiger partial charge in [0.15, 0.2) is 0 Å². The van der Waals surface area contributed by atoms with Crippen molar-refractivity contribution in [2.45, 2.75) is 39.2 Å². The Morgan fingerprint density at radius 3 is 2.64 bits per heavy atom. The molecule has 6 heteroatoms. The number of rotatable bonds is 4. The molecule has 0 saturated carbocycles. The number of likely N-dealkylation sites (tertiary alicyclic amines) is 1. The van der Waals surface area contributed by atoms with E-state index >= 15 is 0 Å². The van der Waals surface area contributed by atoms with Crippen molar-refractivity contribution in [3.63, 3.8) is 0 Å². The van der Waals surface area contributed by atoms with E-state index in [1.54, 1.807) is 12.1 Å². The minimum absolute atomic E-state index is 0.0216. The lowest BCUT2D eigenvalue weighted by Crippen LogP contribution is -2.32. The number of hydrogen-bond donors (Lipinski definition) is 0. The Morgan fingerprint density at radius 2 is 2.00 bits per heavy atom.